The SMILES string of the molecule is Cc1cc2c(cc1C)[n+](-c1[c-]c(-[n+]3[c-]n(C)c(C)c3C)cc(-c3c(C(C)C)cc(C(C)C)cc3C(C)C)c1)[c-]n2C.[Cl][Pt]. The van der Waals surface area contributed by atoms with Crippen LogP contribution in [0.5, 0.6) is 0 Å². The van der Waals surface area contributed by atoms with Crippen molar-refractivity contribution >= 4 is 20.5 Å². The van der Waals surface area contributed by atoms with Crippen LogP contribution in [-0.2, 0) is 32.9 Å². The molecule has 0 aliphatic rings. The first kappa shape index (κ1) is 33.2. The van der Waals surface area contributed by atoms with E-state index in [1.807, 2.05) is 0 Å². The molecular formula is C37H45ClN4Pt-. The van der Waals surface area contributed by atoms with Gasteiger partial charge in [0.05, 0.1) is 25.1 Å². The summed E-state index contributed by atoms with van der Waals surface area (Å²) in [6, 6.07) is 17.8. The van der Waals surface area contributed by atoms with Crippen LogP contribution < -0.4 is 9.13 Å². The summed E-state index contributed by atoms with van der Waals surface area (Å²) < 4.78 is 8.48. The van der Waals surface area contributed by atoms with Crippen LogP contribution in [-0.4, -0.2) is 9.13 Å². The fraction of sp³-hybridized carbons (Fsp3) is 0.405. The summed E-state index contributed by atoms with van der Waals surface area (Å²) in [5, 5.41) is 0. The molecule has 2 heterocycles. The molecule has 0 bridgehead atoms. The first-order valence-electron chi connectivity index (χ1n) is 15.0. The summed E-state index contributed by atoms with van der Waals surface area (Å²) in [6.45, 7) is 22.5. The van der Waals surface area contributed by atoms with Crippen molar-refractivity contribution in [3.63, 3.8) is 0 Å². The molecule has 0 saturated carbocycles. The van der Waals surface area contributed by atoms with E-state index in [0.717, 1.165) is 28.1 Å². The molecule has 0 spiro atoms. The molecule has 0 N–H and O–H groups in total. The Kier molecular flexibility index (Phi) is 10.1. The number of benzene rings is 3. The molecular weight excluding hydrogens is 731 g/mol. The van der Waals surface area contributed by atoms with Gasteiger partial charge in [-0.05, 0) is 67.7 Å². The molecule has 3 aromatic carbocycles. The van der Waals surface area contributed by atoms with Crippen molar-refractivity contribution in [1.29, 1.82) is 0 Å². The van der Waals surface area contributed by atoms with Crippen LogP contribution in [0.3, 0.4) is 0 Å². The van der Waals surface area contributed by atoms with E-state index in [9.17, 15) is 0 Å². The number of hydrogen-bond acceptors (Lipinski definition) is 0. The van der Waals surface area contributed by atoms with Gasteiger partial charge in [0, 0.05) is 11.4 Å². The molecule has 2 aromatic heterocycles. The Morgan fingerprint density at radius 2 is 1.19 bits per heavy atom. The van der Waals surface area contributed by atoms with E-state index in [4.69, 9.17) is 0 Å². The van der Waals surface area contributed by atoms with E-state index in [1.165, 1.54) is 44.6 Å². The van der Waals surface area contributed by atoms with Crippen molar-refractivity contribution < 1.29 is 27.9 Å². The normalized spacial score (nSPS) is 11.7. The van der Waals surface area contributed by atoms with Crippen molar-refractivity contribution in [2.45, 2.75) is 87.0 Å². The van der Waals surface area contributed by atoms with Crippen LogP contribution in [0, 0.1) is 46.4 Å². The zero-order chi connectivity index (χ0) is 31.9. The summed E-state index contributed by atoms with van der Waals surface area (Å²) in [5.74, 6) is 1.25. The third-order valence-electron chi connectivity index (χ3n) is 8.80. The second-order valence-corrected chi connectivity index (χ2v) is 12.8. The van der Waals surface area contributed by atoms with Gasteiger partial charge in [-0.25, -0.2) is 0 Å². The van der Waals surface area contributed by atoms with Crippen molar-refractivity contribution in [2.75, 3.05) is 0 Å². The van der Waals surface area contributed by atoms with Gasteiger partial charge < -0.3 is 18.3 Å². The van der Waals surface area contributed by atoms with Gasteiger partial charge in [0.1, 0.15) is 0 Å². The van der Waals surface area contributed by atoms with E-state index in [2.05, 4.69) is 166 Å². The van der Waals surface area contributed by atoms with Crippen LogP contribution in [0.25, 0.3) is 33.5 Å². The number of aromatic nitrogens is 4. The number of nitrogens with zero attached hydrogens (tertiary/aromatic N) is 4. The molecule has 0 radical (unpaired) electrons. The number of halogens is 1. The third kappa shape index (κ3) is 6.29. The predicted octanol–water partition coefficient (Wildman–Crippen LogP) is 8.43. The zero-order valence-electron chi connectivity index (χ0n) is 27.7. The number of aryl methyl sites for hydroxylation is 4. The fourth-order valence-electron chi connectivity index (χ4n) is 5.83. The Balaban J connectivity index is 0.00000207. The Labute approximate surface area is 274 Å². The van der Waals surface area contributed by atoms with E-state index >= 15 is 0 Å². The number of imidazole rings is 2. The van der Waals surface area contributed by atoms with Gasteiger partial charge in [0.15, 0.2) is 0 Å². The molecule has 0 aliphatic carbocycles. The van der Waals surface area contributed by atoms with Gasteiger partial charge in [-0.2, -0.15) is 18.2 Å². The van der Waals surface area contributed by atoms with Crippen LogP contribution in [0.4, 0.5) is 0 Å². The molecule has 0 aliphatic heterocycles. The second-order valence-electron chi connectivity index (χ2n) is 12.8. The van der Waals surface area contributed by atoms with Crippen LogP contribution in [0.15, 0.2) is 36.4 Å². The van der Waals surface area contributed by atoms with Crippen molar-refractivity contribution in [2.24, 2.45) is 14.1 Å². The summed E-state index contributed by atoms with van der Waals surface area (Å²) in [4.78, 5) is 0. The van der Waals surface area contributed by atoms with Crippen LogP contribution in [0.1, 0.15) is 98.5 Å². The minimum atomic E-state index is 0.389. The molecule has 43 heavy (non-hydrogen) atoms. The van der Waals surface area contributed by atoms with Gasteiger partial charge in [0.25, 0.3) is 0 Å². The van der Waals surface area contributed by atoms with Crippen LogP contribution in [0.2, 0.25) is 0 Å². The molecule has 0 atom stereocenters. The molecule has 0 amide bonds. The Morgan fingerprint density at radius 1 is 0.674 bits per heavy atom. The zero-order valence-corrected chi connectivity index (χ0v) is 30.7. The van der Waals surface area contributed by atoms with Gasteiger partial charge >= 0.3 is 28.2 Å². The van der Waals surface area contributed by atoms with Gasteiger partial charge in [0.2, 0.25) is 12.7 Å². The number of fused-ring (bicyclic) bond motifs is 1. The van der Waals surface area contributed by atoms with Gasteiger partial charge in [-0.3, -0.25) is 0 Å². The topological polar surface area (TPSA) is 17.6 Å². The maximum absolute atomic E-state index is 4.61. The standard InChI is InChI=1S/C37H45N4.ClH.Pt/c1-22(2)29-17-33(23(3)4)37(34(18-29)24(5)6)30-15-31(40-20-38(11)27(9)28(40)10)19-32(16-30)41-21-39(12)35-13-25(7)26(8)14-36(35)41;;/h13-18,22-24H,1-12H3;1H;/q-1;;+1/p-1. The molecule has 4 nitrogen and oxygen atoms in total. The van der Waals surface area contributed by atoms with Crippen LogP contribution >= 0.6 is 9.42 Å². The first-order chi connectivity index (χ1) is 20.3. The molecule has 0 unspecified atom stereocenters. The number of hydrogen-bond donors (Lipinski definition) is 0. The predicted molar refractivity (Wildman–Crippen MR) is 174 cm³/mol. The molecule has 231 valence electrons. The first-order valence-corrected chi connectivity index (χ1v) is 17.9. The average Bonchev–Trinajstić information content (AvgIpc) is 3.43. The second kappa shape index (κ2) is 13.1. The molecule has 5 rings (SSSR count). The van der Waals surface area contributed by atoms with Crippen molar-refractivity contribution in [1.82, 2.24) is 9.13 Å². The van der Waals surface area contributed by atoms with Crippen molar-refractivity contribution in [3.05, 3.63) is 94.3 Å². The molecule has 0 fully saturated rings. The summed E-state index contributed by atoms with van der Waals surface area (Å²) >= 11 is 1.61. The number of rotatable bonds is 6. The fourth-order valence-corrected chi connectivity index (χ4v) is 5.83. The van der Waals surface area contributed by atoms with Gasteiger partial charge in [-0.1, -0.05) is 88.3 Å². The van der Waals surface area contributed by atoms with Crippen molar-refractivity contribution in [3.8, 4) is 22.5 Å². The van der Waals surface area contributed by atoms with E-state index < -0.39 is 0 Å². The monoisotopic (exact) mass is 775 g/mol. The van der Waals surface area contributed by atoms with E-state index in [1.54, 1.807) is 18.8 Å². The summed E-state index contributed by atoms with van der Waals surface area (Å²) in [5.41, 5.74) is 15.9. The third-order valence-corrected chi connectivity index (χ3v) is 8.80. The summed E-state index contributed by atoms with van der Waals surface area (Å²) in [7, 11) is 8.74. The Morgan fingerprint density at radius 3 is 1.67 bits per heavy atom. The quantitative estimate of drug-likeness (QED) is 0.122. The van der Waals surface area contributed by atoms with Gasteiger partial charge in [-0.15, -0.1) is 5.56 Å². The summed E-state index contributed by atoms with van der Waals surface area (Å²) in [6.07, 6.45) is 7.11. The minimum absolute atomic E-state index is 0.389. The molecule has 5 aromatic rings. The van der Waals surface area contributed by atoms with E-state index in [0.29, 0.717) is 17.8 Å². The Bertz CT molecular complexity index is 1760. The maximum atomic E-state index is 4.61. The average molecular weight is 776 g/mol. The Hall–Kier alpha value is -2.68. The molecule has 6 heteroatoms. The van der Waals surface area contributed by atoms with E-state index in [-0.39, 0.29) is 0 Å². The molecule has 0 saturated heterocycles.